The van der Waals surface area contributed by atoms with Crippen molar-refractivity contribution in [3.8, 4) is 0 Å². The third-order valence-corrected chi connectivity index (χ3v) is 16.6. The molecule has 0 bridgehead atoms. The van der Waals surface area contributed by atoms with Crippen LogP contribution in [0.4, 0.5) is 0 Å². The van der Waals surface area contributed by atoms with E-state index in [0.717, 1.165) is 77.0 Å². The Morgan fingerprint density at radius 1 is 0.244 bits per heavy atom. The van der Waals surface area contributed by atoms with Gasteiger partial charge in [0, 0.05) is 19.3 Å². The Bertz CT molecular complexity index is 1410. The molecule has 480 valence electrons. The van der Waals surface area contributed by atoms with Crippen molar-refractivity contribution in [2.24, 2.45) is 0 Å². The van der Waals surface area contributed by atoms with Crippen LogP contribution in [0.5, 0.6) is 0 Å². The molecule has 0 amide bonds. The quantitative estimate of drug-likeness (QED) is 0.0261. The maximum absolute atomic E-state index is 13.0. The van der Waals surface area contributed by atoms with Gasteiger partial charge >= 0.3 is 17.9 Å². The average Bonchev–Trinajstić information content (AvgIpc) is 3.47. The lowest BCUT2D eigenvalue weighted by molar-refractivity contribution is -0.167. The van der Waals surface area contributed by atoms with Gasteiger partial charge in [0.25, 0.3) is 0 Å². The van der Waals surface area contributed by atoms with Gasteiger partial charge in [0.05, 0.1) is 0 Å². The van der Waals surface area contributed by atoms with Gasteiger partial charge in [-0.05, 0) is 83.5 Å². The zero-order chi connectivity index (χ0) is 59.2. The Morgan fingerprint density at radius 3 is 0.720 bits per heavy atom. The molecule has 0 fully saturated rings. The van der Waals surface area contributed by atoms with Crippen LogP contribution in [-0.4, -0.2) is 37.2 Å². The van der Waals surface area contributed by atoms with E-state index in [-0.39, 0.29) is 31.1 Å². The van der Waals surface area contributed by atoms with Gasteiger partial charge in [-0.1, -0.05) is 345 Å². The zero-order valence-corrected chi connectivity index (χ0v) is 55.3. The topological polar surface area (TPSA) is 78.9 Å². The minimum Gasteiger partial charge on any atom is -0.462 e. The molecule has 82 heavy (non-hydrogen) atoms. The first-order valence-electron chi connectivity index (χ1n) is 36.6. The highest BCUT2D eigenvalue weighted by Crippen LogP contribution is 2.19. The Labute approximate surface area is 511 Å². The predicted molar refractivity (Wildman–Crippen MR) is 358 cm³/mol. The van der Waals surface area contributed by atoms with Gasteiger partial charge in [0.1, 0.15) is 13.2 Å². The summed E-state index contributed by atoms with van der Waals surface area (Å²) < 4.78 is 17.0. The Morgan fingerprint density at radius 2 is 0.439 bits per heavy atom. The van der Waals surface area contributed by atoms with E-state index < -0.39 is 6.10 Å². The summed E-state index contributed by atoms with van der Waals surface area (Å²) in [5.74, 6) is -0.866. The third kappa shape index (κ3) is 68.2. The van der Waals surface area contributed by atoms with Crippen molar-refractivity contribution in [1.82, 2.24) is 0 Å². The zero-order valence-electron chi connectivity index (χ0n) is 55.3. The predicted octanol–water partition coefficient (Wildman–Crippen LogP) is 25.3. The maximum Gasteiger partial charge on any atom is 0.306 e. The summed E-state index contributed by atoms with van der Waals surface area (Å²) in [6.07, 6.45) is 90.0. The standard InChI is InChI=1S/C76H140O6/c1-4-7-10-13-16-19-22-25-28-31-33-34-35-36-37-38-39-40-41-43-45-48-51-54-57-60-63-66-69-75(78)81-72-73(71-80-74(77)68-65-62-59-56-53-50-47-44-30-27-24-21-18-15-12-9-6-3)82-76(79)70-67-64-61-58-55-52-49-46-42-32-29-26-23-20-17-14-11-8-5-2/h17,20,26-27,29-30,42,46,73H,4-16,18-19,21-25,28,31-41,43-45,47-72H2,1-3H3/b20-17-,29-26-,30-27-,46-42-. The molecule has 6 nitrogen and oxygen atoms in total. The molecule has 0 aromatic rings. The molecule has 0 rings (SSSR count). The smallest absolute Gasteiger partial charge is 0.306 e. The van der Waals surface area contributed by atoms with Crippen LogP contribution in [-0.2, 0) is 28.6 Å². The number of hydrogen-bond acceptors (Lipinski definition) is 6. The number of allylic oxidation sites excluding steroid dienone is 8. The van der Waals surface area contributed by atoms with Crippen molar-refractivity contribution in [1.29, 1.82) is 0 Å². The van der Waals surface area contributed by atoms with E-state index in [0.29, 0.717) is 19.3 Å². The van der Waals surface area contributed by atoms with Crippen molar-refractivity contribution < 1.29 is 28.6 Å². The van der Waals surface area contributed by atoms with Crippen molar-refractivity contribution >= 4 is 17.9 Å². The summed E-state index contributed by atoms with van der Waals surface area (Å²) in [7, 11) is 0. The van der Waals surface area contributed by atoms with Crippen LogP contribution in [0.2, 0.25) is 0 Å². The van der Waals surface area contributed by atoms with Crippen LogP contribution >= 0.6 is 0 Å². The summed E-state index contributed by atoms with van der Waals surface area (Å²) in [5, 5.41) is 0. The highest BCUT2D eigenvalue weighted by Gasteiger charge is 2.19. The molecule has 0 aliphatic heterocycles. The molecule has 0 aromatic heterocycles. The normalized spacial score (nSPS) is 12.3. The number of unbranched alkanes of at least 4 members (excludes halogenated alkanes) is 49. The molecule has 0 spiro atoms. The molecule has 0 aliphatic carbocycles. The highest BCUT2D eigenvalue weighted by atomic mass is 16.6. The van der Waals surface area contributed by atoms with Crippen LogP contribution in [0.15, 0.2) is 48.6 Å². The molecule has 0 aliphatic rings. The fourth-order valence-electron chi connectivity index (χ4n) is 11.0. The summed E-state index contributed by atoms with van der Waals surface area (Å²) in [6, 6.07) is 0. The first-order valence-corrected chi connectivity index (χ1v) is 36.6. The van der Waals surface area contributed by atoms with Gasteiger partial charge < -0.3 is 14.2 Å². The number of esters is 3. The molecule has 6 heteroatoms. The Balaban J connectivity index is 4.26. The minimum absolute atomic E-state index is 0.0758. The van der Waals surface area contributed by atoms with Crippen molar-refractivity contribution in [2.45, 2.75) is 406 Å². The largest absolute Gasteiger partial charge is 0.462 e. The van der Waals surface area contributed by atoms with Gasteiger partial charge in [-0.3, -0.25) is 14.4 Å². The van der Waals surface area contributed by atoms with E-state index in [1.165, 1.54) is 283 Å². The van der Waals surface area contributed by atoms with Gasteiger partial charge in [0.2, 0.25) is 0 Å². The molecular weight excluding hydrogens is 1010 g/mol. The minimum atomic E-state index is -0.782. The number of ether oxygens (including phenoxy) is 3. The molecule has 0 N–H and O–H groups in total. The third-order valence-electron chi connectivity index (χ3n) is 16.6. The van der Waals surface area contributed by atoms with E-state index in [9.17, 15) is 14.4 Å². The highest BCUT2D eigenvalue weighted by molar-refractivity contribution is 5.71. The molecule has 0 saturated heterocycles. The van der Waals surface area contributed by atoms with E-state index in [1.807, 2.05) is 0 Å². The first kappa shape index (κ1) is 79.4. The second-order valence-electron chi connectivity index (χ2n) is 24.9. The van der Waals surface area contributed by atoms with Crippen LogP contribution in [0, 0.1) is 0 Å². The number of carbonyl (C=O) groups is 3. The number of rotatable bonds is 68. The summed E-state index contributed by atoms with van der Waals surface area (Å²) in [4.78, 5) is 38.5. The number of carbonyl (C=O) groups excluding carboxylic acids is 3. The molecule has 0 heterocycles. The van der Waals surface area contributed by atoms with Crippen molar-refractivity contribution in [2.75, 3.05) is 13.2 Å². The Kier molecular flexibility index (Phi) is 68.6. The van der Waals surface area contributed by atoms with Gasteiger partial charge in [-0.25, -0.2) is 0 Å². The molecular formula is C76H140O6. The summed E-state index contributed by atoms with van der Waals surface area (Å²) >= 11 is 0. The van der Waals surface area contributed by atoms with Crippen LogP contribution in [0.3, 0.4) is 0 Å². The molecule has 0 aromatic carbocycles. The molecule has 1 atom stereocenters. The van der Waals surface area contributed by atoms with Crippen molar-refractivity contribution in [3.05, 3.63) is 48.6 Å². The lowest BCUT2D eigenvalue weighted by Gasteiger charge is -2.18. The van der Waals surface area contributed by atoms with Crippen LogP contribution in [0.1, 0.15) is 400 Å². The van der Waals surface area contributed by atoms with Crippen LogP contribution in [0.25, 0.3) is 0 Å². The van der Waals surface area contributed by atoms with Gasteiger partial charge in [-0.15, -0.1) is 0 Å². The van der Waals surface area contributed by atoms with E-state index >= 15 is 0 Å². The lowest BCUT2D eigenvalue weighted by Crippen LogP contribution is -2.30. The van der Waals surface area contributed by atoms with Gasteiger partial charge in [0.15, 0.2) is 6.10 Å². The van der Waals surface area contributed by atoms with E-state index in [1.54, 1.807) is 0 Å². The van der Waals surface area contributed by atoms with E-state index in [2.05, 4.69) is 69.4 Å². The van der Waals surface area contributed by atoms with Crippen LogP contribution < -0.4 is 0 Å². The molecule has 0 saturated carbocycles. The average molecular weight is 1150 g/mol. The molecule has 1 unspecified atom stereocenters. The van der Waals surface area contributed by atoms with Crippen molar-refractivity contribution in [3.63, 3.8) is 0 Å². The van der Waals surface area contributed by atoms with Gasteiger partial charge in [-0.2, -0.15) is 0 Å². The molecule has 0 radical (unpaired) electrons. The first-order chi connectivity index (χ1) is 40.5. The number of hydrogen-bond donors (Lipinski definition) is 0. The lowest BCUT2D eigenvalue weighted by atomic mass is 10.0. The fraction of sp³-hybridized carbons (Fsp3) is 0.855. The second kappa shape index (κ2) is 70.9. The monoisotopic (exact) mass is 1150 g/mol. The SMILES string of the molecule is CCCCC/C=C\C/C=C\C/C=C\CCCCCCCCC(=O)OC(COC(=O)CCCCCCCCC/C=C\CCCCCCCC)COC(=O)CCCCCCCCCCCCCCCCCCCCCCCCCCCCCC. The summed E-state index contributed by atoms with van der Waals surface area (Å²) in [5.41, 5.74) is 0. The maximum atomic E-state index is 13.0. The fourth-order valence-corrected chi connectivity index (χ4v) is 11.0. The second-order valence-corrected chi connectivity index (χ2v) is 24.9. The summed E-state index contributed by atoms with van der Waals surface area (Å²) in [6.45, 7) is 6.67. The van der Waals surface area contributed by atoms with E-state index in [4.69, 9.17) is 14.2 Å². The Hall–Kier alpha value is -2.63.